The van der Waals surface area contributed by atoms with Crippen molar-refractivity contribution in [3.8, 4) is 17.1 Å². The highest BCUT2D eigenvalue weighted by molar-refractivity contribution is 6.31. The maximum absolute atomic E-state index is 12.4. The van der Waals surface area contributed by atoms with Crippen molar-refractivity contribution in [2.24, 2.45) is 0 Å². The molecule has 140 valence electrons. The number of amides is 1. The van der Waals surface area contributed by atoms with E-state index in [0.29, 0.717) is 29.6 Å². The number of rotatable bonds is 7. The molecular formula is C20H20ClN3O3. The molecule has 1 aromatic heterocycles. The van der Waals surface area contributed by atoms with Crippen molar-refractivity contribution in [2.75, 3.05) is 14.2 Å². The largest absolute Gasteiger partial charge is 0.497 e. The Labute approximate surface area is 162 Å². The van der Waals surface area contributed by atoms with E-state index in [0.717, 1.165) is 16.9 Å². The van der Waals surface area contributed by atoms with Gasteiger partial charge in [-0.25, -0.2) is 0 Å². The Balaban J connectivity index is 1.57. The lowest BCUT2D eigenvalue weighted by Crippen LogP contribution is -2.26. The number of nitrogens with zero attached hydrogens (tertiary/aromatic N) is 3. The Morgan fingerprint density at radius 1 is 1.19 bits per heavy atom. The number of carbonyl (C=O) groups excluding carboxylic acids is 1. The normalized spacial score (nSPS) is 10.6. The Morgan fingerprint density at radius 3 is 2.63 bits per heavy atom. The van der Waals surface area contributed by atoms with Crippen LogP contribution >= 0.6 is 11.6 Å². The zero-order valence-electron chi connectivity index (χ0n) is 15.2. The fraction of sp³-hybridized carbons (Fsp3) is 0.250. The molecule has 1 amide bonds. The molecule has 0 aliphatic rings. The molecule has 0 saturated carbocycles. The van der Waals surface area contributed by atoms with Gasteiger partial charge >= 0.3 is 0 Å². The van der Waals surface area contributed by atoms with E-state index in [-0.39, 0.29) is 12.5 Å². The zero-order chi connectivity index (χ0) is 19.2. The minimum atomic E-state index is -0.0147. The SMILES string of the molecule is COc1ccc(-c2noc(CN(C)C(=O)CCc3ccccc3Cl)n2)cc1. The first kappa shape index (κ1) is 18.9. The van der Waals surface area contributed by atoms with E-state index >= 15 is 0 Å². The van der Waals surface area contributed by atoms with E-state index in [1.165, 1.54) is 0 Å². The fourth-order valence-corrected chi connectivity index (χ4v) is 2.83. The van der Waals surface area contributed by atoms with Gasteiger partial charge in [-0.05, 0) is 42.3 Å². The van der Waals surface area contributed by atoms with Gasteiger partial charge in [0.25, 0.3) is 0 Å². The summed E-state index contributed by atoms with van der Waals surface area (Å²) in [5.74, 6) is 1.60. The Hall–Kier alpha value is -2.86. The topological polar surface area (TPSA) is 68.5 Å². The zero-order valence-corrected chi connectivity index (χ0v) is 15.9. The first-order valence-electron chi connectivity index (χ1n) is 8.51. The monoisotopic (exact) mass is 385 g/mol. The molecule has 0 N–H and O–H groups in total. The van der Waals surface area contributed by atoms with Gasteiger partial charge in [0.2, 0.25) is 17.6 Å². The van der Waals surface area contributed by atoms with Gasteiger partial charge in [0.05, 0.1) is 13.7 Å². The molecule has 0 fully saturated rings. The first-order valence-corrected chi connectivity index (χ1v) is 8.89. The van der Waals surface area contributed by atoms with Gasteiger partial charge in [0.1, 0.15) is 5.75 Å². The number of benzene rings is 2. The molecule has 3 rings (SSSR count). The molecule has 6 nitrogen and oxygen atoms in total. The van der Waals surface area contributed by atoms with E-state index in [2.05, 4.69) is 10.1 Å². The van der Waals surface area contributed by atoms with Crippen LogP contribution in [0.4, 0.5) is 0 Å². The molecule has 0 aliphatic heterocycles. The van der Waals surface area contributed by atoms with Gasteiger partial charge in [0, 0.05) is 24.1 Å². The molecule has 0 atom stereocenters. The van der Waals surface area contributed by atoms with Crippen molar-refractivity contribution in [3.05, 3.63) is 65.0 Å². The smallest absolute Gasteiger partial charge is 0.246 e. The lowest BCUT2D eigenvalue weighted by Gasteiger charge is -2.14. The van der Waals surface area contributed by atoms with E-state index < -0.39 is 0 Å². The summed E-state index contributed by atoms with van der Waals surface area (Å²) in [4.78, 5) is 18.3. The minimum Gasteiger partial charge on any atom is -0.497 e. The highest BCUT2D eigenvalue weighted by Gasteiger charge is 2.15. The van der Waals surface area contributed by atoms with E-state index in [1.807, 2.05) is 48.5 Å². The number of aryl methyl sites for hydroxylation is 1. The standard InChI is InChI=1S/C20H20ClN3O3/c1-24(19(25)12-9-14-5-3-4-6-17(14)21)13-18-22-20(23-27-18)15-7-10-16(26-2)11-8-15/h3-8,10-11H,9,12-13H2,1-2H3. The lowest BCUT2D eigenvalue weighted by atomic mass is 10.1. The molecular weight excluding hydrogens is 366 g/mol. The highest BCUT2D eigenvalue weighted by Crippen LogP contribution is 2.20. The maximum atomic E-state index is 12.4. The summed E-state index contributed by atoms with van der Waals surface area (Å²) in [5.41, 5.74) is 1.78. The number of carbonyl (C=O) groups is 1. The lowest BCUT2D eigenvalue weighted by molar-refractivity contribution is -0.130. The summed E-state index contributed by atoms with van der Waals surface area (Å²) in [5, 5.41) is 4.65. The number of hydrogen-bond acceptors (Lipinski definition) is 5. The molecule has 0 aliphatic carbocycles. The Bertz CT molecular complexity index is 909. The van der Waals surface area contributed by atoms with Crippen LogP contribution in [0.1, 0.15) is 17.9 Å². The molecule has 0 unspecified atom stereocenters. The second kappa shape index (κ2) is 8.68. The third-order valence-electron chi connectivity index (χ3n) is 4.18. The van der Waals surface area contributed by atoms with Crippen LogP contribution in [0, 0.1) is 0 Å². The van der Waals surface area contributed by atoms with Crippen molar-refractivity contribution in [1.82, 2.24) is 15.0 Å². The van der Waals surface area contributed by atoms with Crippen LogP contribution in [0.25, 0.3) is 11.4 Å². The second-order valence-corrected chi connectivity index (χ2v) is 6.49. The summed E-state index contributed by atoms with van der Waals surface area (Å²) in [7, 11) is 3.33. The van der Waals surface area contributed by atoms with Crippen LogP contribution in [-0.2, 0) is 17.8 Å². The average molecular weight is 386 g/mol. The number of aromatic nitrogens is 2. The molecule has 27 heavy (non-hydrogen) atoms. The van der Waals surface area contributed by atoms with Gasteiger partial charge in [-0.15, -0.1) is 0 Å². The molecule has 0 saturated heterocycles. The third-order valence-corrected chi connectivity index (χ3v) is 4.55. The summed E-state index contributed by atoms with van der Waals surface area (Å²) >= 11 is 6.13. The van der Waals surface area contributed by atoms with Gasteiger partial charge in [-0.3, -0.25) is 4.79 Å². The van der Waals surface area contributed by atoms with Crippen LogP contribution in [0.3, 0.4) is 0 Å². The summed E-state index contributed by atoms with van der Waals surface area (Å²) < 4.78 is 10.4. The minimum absolute atomic E-state index is 0.0147. The van der Waals surface area contributed by atoms with Crippen molar-refractivity contribution in [1.29, 1.82) is 0 Å². The molecule has 3 aromatic rings. The van der Waals surface area contributed by atoms with Gasteiger partial charge in [0.15, 0.2) is 0 Å². The summed E-state index contributed by atoms with van der Waals surface area (Å²) in [6.45, 7) is 0.254. The first-order chi connectivity index (χ1) is 13.1. The molecule has 0 bridgehead atoms. The molecule has 1 heterocycles. The van der Waals surface area contributed by atoms with E-state index in [4.69, 9.17) is 20.9 Å². The van der Waals surface area contributed by atoms with Crippen LogP contribution < -0.4 is 4.74 Å². The number of hydrogen-bond donors (Lipinski definition) is 0. The second-order valence-electron chi connectivity index (χ2n) is 6.08. The summed E-state index contributed by atoms with van der Waals surface area (Å²) in [6, 6.07) is 14.9. The van der Waals surface area contributed by atoms with Gasteiger partial charge < -0.3 is 14.2 Å². The predicted octanol–water partition coefficient (Wildman–Crippen LogP) is 3.99. The highest BCUT2D eigenvalue weighted by atomic mass is 35.5. The maximum Gasteiger partial charge on any atom is 0.246 e. The Morgan fingerprint density at radius 2 is 1.93 bits per heavy atom. The Kier molecular flexibility index (Phi) is 6.08. The molecule has 7 heteroatoms. The van der Waals surface area contributed by atoms with Crippen LogP contribution in [0.5, 0.6) is 5.75 Å². The van der Waals surface area contributed by atoms with Gasteiger partial charge in [-0.1, -0.05) is 35.0 Å². The summed E-state index contributed by atoms with van der Waals surface area (Å²) in [6.07, 6.45) is 0.948. The number of ether oxygens (including phenoxy) is 1. The van der Waals surface area contributed by atoms with Crippen molar-refractivity contribution in [2.45, 2.75) is 19.4 Å². The number of halogens is 1. The fourth-order valence-electron chi connectivity index (χ4n) is 2.60. The van der Waals surface area contributed by atoms with E-state index in [9.17, 15) is 4.79 Å². The molecule has 0 radical (unpaired) electrons. The van der Waals surface area contributed by atoms with Crippen molar-refractivity contribution in [3.63, 3.8) is 0 Å². The van der Waals surface area contributed by atoms with Gasteiger partial charge in [-0.2, -0.15) is 4.98 Å². The van der Waals surface area contributed by atoms with Crippen molar-refractivity contribution < 1.29 is 14.1 Å². The molecule has 2 aromatic carbocycles. The van der Waals surface area contributed by atoms with Crippen LogP contribution in [0.2, 0.25) is 5.02 Å². The quantitative estimate of drug-likeness (QED) is 0.615. The van der Waals surface area contributed by atoms with Crippen molar-refractivity contribution >= 4 is 17.5 Å². The predicted molar refractivity (Wildman–Crippen MR) is 103 cm³/mol. The number of methoxy groups -OCH3 is 1. The average Bonchev–Trinajstić information content (AvgIpc) is 3.15. The molecule has 0 spiro atoms. The van der Waals surface area contributed by atoms with Crippen LogP contribution in [0.15, 0.2) is 53.1 Å². The van der Waals surface area contributed by atoms with Crippen LogP contribution in [-0.4, -0.2) is 35.1 Å². The third kappa shape index (κ3) is 4.86. The van der Waals surface area contributed by atoms with E-state index in [1.54, 1.807) is 19.1 Å².